The predicted octanol–water partition coefficient (Wildman–Crippen LogP) is 8.58. The molecule has 1 atom stereocenters. The Morgan fingerprint density at radius 3 is 2.40 bits per heavy atom. The number of ether oxygens (including phenoxy) is 2. The average molecular weight is 639 g/mol. The molecule has 1 heterocycles. The van der Waals surface area contributed by atoms with Gasteiger partial charge in [0.15, 0.2) is 29.3 Å². The highest BCUT2D eigenvalue weighted by Crippen LogP contribution is 2.45. The maximum absolute atomic E-state index is 12.9. The van der Waals surface area contributed by atoms with Gasteiger partial charge in [0.1, 0.15) is 6.61 Å². The molecule has 6 nitrogen and oxygen atoms in total. The number of hydrazone groups is 1. The van der Waals surface area contributed by atoms with Crippen molar-refractivity contribution < 1.29 is 14.3 Å². The summed E-state index contributed by atoms with van der Waals surface area (Å²) in [5.41, 5.74) is 4.36. The number of aryl methyl sites for hydroxylation is 1. The quantitative estimate of drug-likeness (QED) is 0.193. The van der Waals surface area contributed by atoms with Gasteiger partial charge in [-0.15, -0.1) is 5.10 Å². The third-order valence-corrected chi connectivity index (χ3v) is 7.68. The maximum Gasteiger partial charge on any atom is 0.198 e. The van der Waals surface area contributed by atoms with Gasteiger partial charge in [-0.05, 0) is 83.0 Å². The van der Waals surface area contributed by atoms with Crippen LogP contribution in [-0.2, 0) is 11.4 Å². The fraction of sp³-hybridized carbons (Fsp3) is 0.161. The van der Waals surface area contributed by atoms with Crippen LogP contribution in [0, 0.1) is 6.92 Å². The van der Waals surface area contributed by atoms with E-state index in [0.29, 0.717) is 31.9 Å². The van der Waals surface area contributed by atoms with Gasteiger partial charge in [-0.25, -0.2) is 5.01 Å². The van der Waals surface area contributed by atoms with Crippen LogP contribution < -0.4 is 19.4 Å². The molecule has 1 aliphatic heterocycles. The van der Waals surface area contributed by atoms with E-state index in [4.69, 9.17) is 37.8 Å². The van der Waals surface area contributed by atoms with Crippen LogP contribution in [0.1, 0.15) is 29.8 Å². The van der Waals surface area contributed by atoms with Crippen molar-refractivity contribution in [3.63, 3.8) is 0 Å². The van der Waals surface area contributed by atoms with E-state index >= 15 is 0 Å². The van der Waals surface area contributed by atoms with Crippen LogP contribution in [-0.4, -0.2) is 18.7 Å². The summed E-state index contributed by atoms with van der Waals surface area (Å²) < 4.78 is 12.6. The Morgan fingerprint density at radius 1 is 0.975 bits per heavy atom. The molecule has 0 saturated carbocycles. The number of carbonyl (C=O) groups excluding carboxylic acids is 1. The van der Waals surface area contributed by atoms with Crippen LogP contribution in [0.15, 0.2) is 94.5 Å². The van der Waals surface area contributed by atoms with Crippen molar-refractivity contribution >= 4 is 62.1 Å². The summed E-state index contributed by atoms with van der Waals surface area (Å²) in [5, 5.41) is 7.86. The lowest BCUT2D eigenvalue weighted by Crippen LogP contribution is -2.37. The first-order valence-corrected chi connectivity index (χ1v) is 14.1. The van der Waals surface area contributed by atoms with Crippen molar-refractivity contribution in [2.45, 2.75) is 26.6 Å². The summed E-state index contributed by atoms with van der Waals surface area (Å²) in [6, 6.07) is 26.7. The Balaban J connectivity index is 1.62. The largest absolute Gasteiger partial charge is 0.493 e. The van der Waals surface area contributed by atoms with Crippen LogP contribution in [0.5, 0.6) is 11.5 Å². The van der Waals surface area contributed by atoms with E-state index in [0.717, 1.165) is 28.1 Å². The molecule has 0 N–H and O–H groups in total. The van der Waals surface area contributed by atoms with Crippen molar-refractivity contribution in [2.24, 2.45) is 5.10 Å². The lowest BCUT2D eigenvalue weighted by atomic mass is 10.1. The molecule has 0 spiro atoms. The van der Waals surface area contributed by atoms with E-state index in [2.05, 4.69) is 15.9 Å². The van der Waals surface area contributed by atoms with Crippen LogP contribution >= 0.6 is 39.1 Å². The molecule has 0 unspecified atom stereocenters. The molecule has 204 valence electrons. The van der Waals surface area contributed by atoms with Crippen LogP contribution in [0.4, 0.5) is 11.4 Å². The third kappa shape index (κ3) is 5.68. The lowest BCUT2D eigenvalue weighted by molar-refractivity contribution is -0.111. The van der Waals surface area contributed by atoms with Gasteiger partial charge in [0.25, 0.3) is 0 Å². The highest BCUT2D eigenvalue weighted by Gasteiger charge is 2.40. The zero-order valence-electron chi connectivity index (χ0n) is 22.1. The molecule has 0 aromatic heterocycles. The number of hydrogen-bond acceptors (Lipinski definition) is 6. The van der Waals surface area contributed by atoms with Crippen molar-refractivity contribution in [1.82, 2.24) is 0 Å². The molecular weight excluding hydrogens is 613 g/mol. The Hall–Kier alpha value is -3.52. The molecular formula is C31H26BrCl2N3O3. The number of rotatable bonds is 8. The summed E-state index contributed by atoms with van der Waals surface area (Å²) in [6.45, 7) is 3.80. The number of hydrogen-bond donors (Lipinski definition) is 0. The van der Waals surface area contributed by atoms with Crippen molar-refractivity contribution in [2.75, 3.05) is 17.0 Å². The number of anilines is 2. The minimum atomic E-state index is -0.510. The minimum Gasteiger partial charge on any atom is -0.493 e. The van der Waals surface area contributed by atoms with E-state index in [1.807, 2.05) is 89.6 Å². The minimum absolute atomic E-state index is 0.159. The normalized spacial score (nSPS) is 14.8. The van der Waals surface area contributed by atoms with Gasteiger partial charge in [-0.3, -0.25) is 9.69 Å². The molecule has 40 heavy (non-hydrogen) atoms. The van der Waals surface area contributed by atoms with Gasteiger partial charge in [-0.1, -0.05) is 53.5 Å². The molecule has 0 bridgehead atoms. The standard InChI is InChI=1S/C31H26BrCl2N3O3/c1-19-7-6-9-25(15-19)36-30(20(2)38)35-37(24-13-11-23(33)12-14-24)31(36)22-16-26(32)29(28(17-22)39-3)40-18-21-8-4-5-10-27(21)34/h4-17,31H,18H2,1-3H3/t31-/m1/s1. The molecule has 0 radical (unpaired) electrons. The summed E-state index contributed by atoms with van der Waals surface area (Å²) in [7, 11) is 1.59. The first kappa shape index (κ1) is 28.0. The highest BCUT2D eigenvalue weighted by atomic mass is 79.9. The van der Waals surface area contributed by atoms with Crippen LogP contribution in [0.25, 0.3) is 0 Å². The number of Topliss-reactive ketones (excluding diaryl/α,β-unsaturated/α-hetero) is 1. The molecule has 0 aliphatic carbocycles. The Kier molecular flexibility index (Phi) is 8.35. The molecule has 4 aromatic carbocycles. The first-order valence-electron chi connectivity index (χ1n) is 12.5. The van der Waals surface area contributed by atoms with E-state index in [9.17, 15) is 4.79 Å². The molecule has 0 fully saturated rings. The van der Waals surface area contributed by atoms with Crippen molar-refractivity contribution in [3.8, 4) is 11.5 Å². The monoisotopic (exact) mass is 637 g/mol. The molecule has 0 amide bonds. The summed E-state index contributed by atoms with van der Waals surface area (Å²) in [5.74, 6) is 1.22. The number of carbonyl (C=O) groups is 1. The topological polar surface area (TPSA) is 54.4 Å². The molecule has 4 aromatic rings. The van der Waals surface area contributed by atoms with Gasteiger partial charge in [0.05, 0.1) is 17.3 Å². The number of amidine groups is 1. The van der Waals surface area contributed by atoms with Crippen LogP contribution in [0.3, 0.4) is 0 Å². The van der Waals surface area contributed by atoms with Crippen molar-refractivity contribution in [3.05, 3.63) is 116 Å². The number of halogens is 3. The number of nitrogens with zero attached hydrogens (tertiary/aromatic N) is 3. The third-order valence-electron chi connectivity index (χ3n) is 6.47. The second-order valence-corrected chi connectivity index (χ2v) is 11.0. The maximum atomic E-state index is 12.9. The van der Waals surface area contributed by atoms with Gasteiger partial charge in [0.2, 0.25) is 0 Å². The lowest BCUT2D eigenvalue weighted by Gasteiger charge is -2.32. The van der Waals surface area contributed by atoms with Crippen molar-refractivity contribution in [1.29, 1.82) is 0 Å². The average Bonchev–Trinajstić information content (AvgIpc) is 3.34. The van der Waals surface area contributed by atoms with E-state index in [-0.39, 0.29) is 12.4 Å². The number of ketones is 1. The zero-order valence-corrected chi connectivity index (χ0v) is 25.2. The van der Waals surface area contributed by atoms with Gasteiger partial charge >= 0.3 is 0 Å². The highest BCUT2D eigenvalue weighted by molar-refractivity contribution is 9.10. The first-order chi connectivity index (χ1) is 19.3. The molecule has 0 saturated heterocycles. The Morgan fingerprint density at radius 2 is 1.73 bits per heavy atom. The van der Waals surface area contributed by atoms with Crippen LogP contribution in [0.2, 0.25) is 10.0 Å². The number of methoxy groups -OCH3 is 1. The SMILES string of the molecule is COc1cc([C@H]2N(c3ccc(Cl)cc3)N=C(C(C)=O)N2c2cccc(C)c2)cc(Br)c1OCc1ccccc1Cl. The summed E-state index contributed by atoms with van der Waals surface area (Å²) in [6.07, 6.45) is -0.510. The predicted molar refractivity (Wildman–Crippen MR) is 165 cm³/mol. The Labute approximate surface area is 251 Å². The molecule has 1 aliphatic rings. The van der Waals surface area contributed by atoms with Gasteiger partial charge in [-0.2, -0.15) is 0 Å². The summed E-state index contributed by atoms with van der Waals surface area (Å²) >= 11 is 16.2. The zero-order chi connectivity index (χ0) is 28.4. The second kappa shape index (κ2) is 11.9. The number of benzene rings is 4. The fourth-order valence-electron chi connectivity index (χ4n) is 4.59. The van der Waals surface area contributed by atoms with E-state index in [1.54, 1.807) is 19.2 Å². The van der Waals surface area contributed by atoms with Gasteiger partial charge < -0.3 is 9.47 Å². The molecule has 5 rings (SSSR count). The van der Waals surface area contributed by atoms with E-state index in [1.165, 1.54) is 6.92 Å². The fourth-order valence-corrected chi connectivity index (χ4v) is 5.48. The molecule has 9 heteroatoms. The van der Waals surface area contributed by atoms with Gasteiger partial charge in [0, 0.05) is 33.8 Å². The smallest absolute Gasteiger partial charge is 0.198 e. The summed E-state index contributed by atoms with van der Waals surface area (Å²) in [4.78, 5) is 14.9. The Bertz CT molecular complexity index is 1590. The van der Waals surface area contributed by atoms with E-state index < -0.39 is 6.17 Å². The second-order valence-electron chi connectivity index (χ2n) is 9.30.